The smallest absolute Gasteiger partial charge is 0.237 e. The van der Waals surface area contributed by atoms with Crippen LogP contribution in [0.15, 0.2) is 49.1 Å². The third-order valence-corrected chi connectivity index (χ3v) is 3.47. The van der Waals surface area contributed by atoms with Crippen LogP contribution in [0.1, 0.15) is 44.6 Å². The van der Waals surface area contributed by atoms with Gasteiger partial charge in [0.05, 0.1) is 6.54 Å². The average molecular weight is 257 g/mol. The molecule has 0 aliphatic rings. The van der Waals surface area contributed by atoms with Crippen molar-refractivity contribution in [3.63, 3.8) is 0 Å². The zero-order valence-corrected chi connectivity index (χ0v) is 12.0. The second-order valence-corrected chi connectivity index (χ2v) is 5.22. The summed E-state index contributed by atoms with van der Waals surface area (Å²) in [6.45, 7) is 4.37. The van der Waals surface area contributed by atoms with Crippen molar-refractivity contribution in [2.24, 2.45) is 0 Å². The van der Waals surface area contributed by atoms with Gasteiger partial charge in [-0.3, -0.25) is 0 Å². The molecular weight excluding hydrogens is 232 g/mol. The topological polar surface area (TPSA) is 8.81 Å². The molecule has 2 aromatic rings. The van der Waals surface area contributed by atoms with Crippen LogP contribution in [0.2, 0.25) is 0 Å². The zero-order chi connectivity index (χ0) is 13.3. The van der Waals surface area contributed by atoms with Crippen molar-refractivity contribution in [1.29, 1.82) is 0 Å². The van der Waals surface area contributed by atoms with Gasteiger partial charge in [-0.1, -0.05) is 56.5 Å². The van der Waals surface area contributed by atoms with Gasteiger partial charge in [0.25, 0.3) is 0 Å². The highest BCUT2D eigenvalue weighted by Gasteiger charge is 2.04. The Kier molecular flexibility index (Phi) is 5.67. The van der Waals surface area contributed by atoms with Gasteiger partial charge < -0.3 is 0 Å². The van der Waals surface area contributed by atoms with E-state index in [1.807, 2.05) is 0 Å². The van der Waals surface area contributed by atoms with Gasteiger partial charge in [0.15, 0.2) is 0 Å². The van der Waals surface area contributed by atoms with E-state index in [0.29, 0.717) is 0 Å². The van der Waals surface area contributed by atoms with E-state index in [0.717, 1.165) is 13.1 Å². The summed E-state index contributed by atoms with van der Waals surface area (Å²) >= 11 is 0. The average Bonchev–Trinajstić information content (AvgIpc) is 2.87. The summed E-state index contributed by atoms with van der Waals surface area (Å²) in [7, 11) is 0. The van der Waals surface area contributed by atoms with Crippen molar-refractivity contribution in [3.8, 4) is 0 Å². The number of aryl methyl sites for hydroxylation is 1. The number of hydrogen-bond donors (Lipinski definition) is 0. The standard InChI is InChI=1S/C17H25N2/c1-2-3-4-5-9-12-18-13-14-19(16-18)15-17-10-7-6-8-11-17/h6-8,10-11,13-14,16H,2-5,9,12,15H2,1H3/q+1. The molecule has 0 aliphatic carbocycles. The van der Waals surface area contributed by atoms with Gasteiger partial charge in [0.1, 0.15) is 18.9 Å². The van der Waals surface area contributed by atoms with Crippen molar-refractivity contribution in [1.82, 2.24) is 4.57 Å². The Morgan fingerprint density at radius 1 is 1.00 bits per heavy atom. The Morgan fingerprint density at radius 3 is 2.58 bits per heavy atom. The van der Waals surface area contributed by atoms with Crippen molar-refractivity contribution in [2.45, 2.75) is 52.1 Å². The van der Waals surface area contributed by atoms with Gasteiger partial charge >= 0.3 is 0 Å². The normalized spacial score (nSPS) is 10.8. The fraction of sp³-hybridized carbons (Fsp3) is 0.471. The lowest BCUT2D eigenvalue weighted by molar-refractivity contribution is -0.696. The molecule has 0 fully saturated rings. The minimum Gasteiger partial charge on any atom is -0.237 e. The highest BCUT2D eigenvalue weighted by atomic mass is 15.1. The van der Waals surface area contributed by atoms with E-state index in [9.17, 15) is 0 Å². The molecule has 0 N–H and O–H groups in total. The predicted molar refractivity (Wildman–Crippen MR) is 78.9 cm³/mol. The lowest BCUT2D eigenvalue weighted by atomic mass is 10.1. The van der Waals surface area contributed by atoms with Gasteiger partial charge in [0, 0.05) is 0 Å². The maximum atomic E-state index is 2.30. The van der Waals surface area contributed by atoms with E-state index in [1.54, 1.807) is 0 Å². The monoisotopic (exact) mass is 257 g/mol. The lowest BCUT2D eigenvalue weighted by Crippen LogP contribution is -2.30. The van der Waals surface area contributed by atoms with E-state index in [4.69, 9.17) is 0 Å². The summed E-state index contributed by atoms with van der Waals surface area (Å²) in [6, 6.07) is 10.6. The molecule has 0 unspecified atom stereocenters. The van der Waals surface area contributed by atoms with Crippen LogP contribution < -0.4 is 4.57 Å². The van der Waals surface area contributed by atoms with Gasteiger partial charge in [-0.15, -0.1) is 0 Å². The maximum absolute atomic E-state index is 2.30. The molecule has 1 aromatic heterocycles. The van der Waals surface area contributed by atoms with Crippen LogP contribution >= 0.6 is 0 Å². The number of hydrogen-bond acceptors (Lipinski definition) is 0. The van der Waals surface area contributed by atoms with Gasteiger partial charge in [-0.25, -0.2) is 9.13 Å². The summed E-state index contributed by atoms with van der Waals surface area (Å²) in [6.07, 6.45) is 13.3. The molecule has 0 spiro atoms. The maximum Gasteiger partial charge on any atom is 0.244 e. The van der Waals surface area contributed by atoms with Crippen LogP contribution in [-0.4, -0.2) is 4.57 Å². The second kappa shape index (κ2) is 7.78. The minimum absolute atomic E-state index is 0.962. The first-order valence-corrected chi connectivity index (χ1v) is 7.47. The number of nitrogens with zero attached hydrogens (tertiary/aromatic N) is 2. The highest BCUT2D eigenvalue weighted by molar-refractivity contribution is 5.14. The second-order valence-electron chi connectivity index (χ2n) is 5.22. The molecule has 0 amide bonds. The number of aromatic nitrogens is 2. The van der Waals surface area contributed by atoms with Crippen LogP contribution in [0.4, 0.5) is 0 Å². The number of imidazole rings is 1. The molecule has 0 radical (unpaired) electrons. The van der Waals surface area contributed by atoms with Crippen molar-refractivity contribution in [2.75, 3.05) is 0 Å². The first-order chi connectivity index (χ1) is 9.38. The van der Waals surface area contributed by atoms with E-state index in [2.05, 4.69) is 65.1 Å². The van der Waals surface area contributed by atoms with Crippen LogP contribution in [0.5, 0.6) is 0 Å². The number of unbranched alkanes of at least 4 members (excludes halogenated alkanes) is 4. The molecule has 2 rings (SSSR count). The highest BCUT2D eigenvalue weighted by Crippen LogP contribution is 2.03. The summed E-state index contributed by atoms with van der Waals surface area (Å²) in [4.78, 5) is 0. The summed E-state index contributed by atoms with van der Waals surface area (Å²) in [5.41, 5.74) is 1.35. The van der Waals surface area contributed by atoms with Crippen LogP contribution in [0, 0.1) is 0 Å². The Labute approximate surface area is 116 Å². The van der Waals surface area contributed by atoms with Crippen molar-refractivity contribution in [3.05, 3.63) is 54.6 Å². The molecule has 102 valence electrons. The van der Waals surface area contributed by atoms with E-state index < -0.39 is 0 Å². The third-order valence-electron chi connectivity index (χ3n) is 3.47. The molecule has 0 atom stereocenters. The molecule has 0 saturated heterocycles. The molecule has 0 aliphatic heterocycles. The van der Waals surface area contributed by atoms with Gasteiger partial charge in [-0.2, -0.15) is 0 Å². The Hall–Kier alpha value is -1.57. The first kappa shape index (κ1) is 13.9. The Balaban J connectivity index is 1.76. The SMILES string of the molecule is CCCCCCC[n+]1ccn(Cc2ccccc2)c1. The molecule has 2 nitrogen and oxygen atoms in total. The van der Waals surface area contributed by atoms with Crippen LogP contribution in [-0.2, 0) is 13.1 Å². The van der Waals surface area contributed by atoms with Gasteiger partial charge in [-0.05, 0) is 18.4 Å². The van der Waals surface area contributed by atoms with Crippen LogP contribution in [0.3, 0.4) is 0 Å². The predicted octanol–water partition coefficient (Wildman–Crippen LogP) is 3.79. The van der Waals surface area contributed by atoms with E-state index in [-0.39, 0.29) is 0 Å². The van der Waals surface area contributed by atoms with Crippen LogP contribution in [0.25, 0.3) is 0 Å². The first-order valence-electron chi connectivity index (χ1n) is 7.47. The zero-order valence-electron chi connectivity index (χ0n) is 12.0. The quantitative estimate of drug-likeness (QED) is 0.502. The molecular formula is C17H25N2+. The number of benzene rings is 1. The molecule has 19 heavy (non-hydrogen) atoms. The fourth-order valence-electron chi connectivity index (χ4n) is 2.36. The van der Waals surface area contributed by atoms with Crippen molar-refractivity contribution < 1.29 is 4.57 Å². The summed E-state index contributed by atoms with van der Waals surface area (Å²) < 4.78 is 4.55. The largest absolute Gasteiger partial charge is 0.244 e. The molecule has 0 saturated carbocycles. The lowest BCUT2D eigenvalue weighted by Gasteiger charge is -1.98. The van der Waals surface area contributed by atoms with E-state index >= 15 is 0 Å². The molecule has 1 heterocycles. The summed E-state index contributed by atoms with van der Waals surface area (Å²) in [5, 5.41) is 0. The minimum atomic E-state index is 0.962. The van der Waals surface area contributed by atoms with Gasteiger partial charge in [0.2, 0.25) is 6.33 Å². The fourth-order valence-corrected chi connectivity index (χ4v) is 2.36. The van der Waals surface area contributed by atoms with E-state index in [1.165, 1.54) is 37.7 Å². The third kappa shape index (κ3) is 4.90. The Morgan fingerprint density at radius 2 is 1.79 bits per heavy atom. The summed E-state index contributed by atoms with van der Waals surface area (Å²) in [5.74, 6) is 0. The number of rotatable bonds is 8. The molecule has 2 heteroatoms. The van der Waals surface area contributed by atoms with Crippen molar-refractivity contribution >= 4 is 0 Å². The molecule has 0 bridgehead atoms. The Bertz CT molecular complexity index is 459. The molecule has 1 aromatic carbocycles.